The van der Waals surface area contributed by atoms with Crippen LogP contribution < -0.4 is 9.47 Å². The molecule has 4 rings (SSSR count). The number of para-hydroxylation sites is 1. The van der Waals surface area contributed by atoms with Crippen molar-refractivity contribution in [2.24, 2.45) is 0 Å². The van der Waals surface area contributed by atoms with E-state index in [1.54, 1.807) is 0 Å². The summed E-state index contributed by atoms with van der Waals surface area (Å²) in [6.07, 6.45) is 5.87. The Morgan fingerprint density at radius 3 is 2.79 bits per heavy atom. The molecule has 0 aromatic heterocycles. The van der Waals surface area contributed by atoms with Gasteiger partial charge < -0.3 is 9.47 Å². The largest absolute Gasteiger partial charge is 0.489 e. The molecule has 0 saturated carbocycles. The van der Waals surface area contributed by atoms with Crippen LogP contribution in [0.1, 0.15) is 35.3 Å². The molecule has 0 bridgehead atoms. The summed E-state index contributed by atoms with van der Waals surface area (Å²) in [5, 5.41) is 0. The average molecular weight is 318 g/mol. The summed E-state index contributed by atoms with van der Waals surface area (Å²) in [5.41, 5.74) is 2.81. The number of ketones is 1. The second-order valence-corrected chi connectivity index (χ2v) is 6.55. The van der Waals surface area contributed by atoms with Gasteiger partial charge in [-0.15, -0.1) is 0 Å². The van der Waals surface area contributed by atoms with E-state index in [9.17, 15) is 4.79 Å². The molecule has 2 aliphatic rings. The molecular formula is C21H18O3. The van der Waals surface area contributed by atoms with Gasteiger partial charge in [-0.3, -0.25) is 4.79 Å². The molecule has 3 heteroatoms. The van der Waals surface area contributed by atoms with E-state index in [1.165, 1.54) is 0 Å². The Balaban J connectivity index is 1.70. The van der Waals surface area contributed by atoms with Crippen molar-refractivity contribution in [3.05, 3.63) is 71.3 Å². The molecule has 0 N–H and O–H groups in total. The average Bonchev–Trinajstić information content (AvgIpc) is 2.59. The fraction of sp³-hybridized carbons (Fsp3) is 0.190. The second kappa shape index (κ2) is 5.38. The standard InChI is InChI=1S/C21H18O3/c1-21(2)11-9-14-13-15(7-8-18(14)24-21)20(22)17-10-12-23-19-6-4-3-5-16(17)19/h3-11,13H,12H2,1-2H3. The molecule has 0 aliphatic carbocycles. The number of allylic oxidation sites excluding steroid dienone is 1. The Morgan fingerprint density at radius 2 is 1.92 bits per heavy atom. The predicted octanol–water partition coefficient (Wildman–Crippen LogP) is 4.53. The van der Waals surface area contributed by atoms with Gasteiger partial charge in [0, 0.05) is 22.3 Å². The Hall–Kier alpha value is -2.81. The number of fused-ring (bicyclic) bond motifs is 2. The van der Waals surface area contributed by atoms with Crippen molar-refractivity contribution < 1.29 is 14.3 Å². The summed E-state index contributed by atoms with van der Waals surface area (Å²) >= 11 is 0. The topological polar surface area (TPSA) is 35.5 Å². The third kappa shape index (κ3) is 2.52. The quantitative estimate of drug-likeness (QED) is 0.763. The Kier molecular flexibility index (Phi) is 3.31. The third-order valence-corrected chi connectivity index (χ3v) is 4.26. The van der Waals surface area contributed by atoms with E-state index in [-0.39, 0.29) is 11.4 Å². The molecule has 0 atom stereocenters. The molecule has 2 heterocycles. The van der Waals surface area contributed by atoms with Crippen molar-refractivity contribution in [1.82, 2.24) is 0 Å². The maximum Gasteiger partial charge on any atom is 0.193 e. The predicted molar refractivity (Wildman–Crippen MR) is 94.4 cm³/mol. The van der Waals surface area contributed by atoms with Crippen LogP contribution in [0.2, 0.25) is 0 Å². The maximum absolute atomic E-state index is 13.0. The van der Waals surface area contributed by atoms with Crippen LogP contribution in [0.5, 0.6) is 11.5 Å². The number of hydrogen-bond acceptors (Lipinski definition) is 3. The van der Waals surface area contributed by atoms with E-state index >= 15 is 0 Å². The molecule has 120 valence electrons. The zero-order valence-corrected chi connectivity index (χ0v) is 13.7. The van der Waals surface area contributed by atoms with Gasteiger partial charge in [-0.05, 0) is 50.3 Å². The molecule has 0 saturated heterocycles. The highest BCUT2D eigenvalue weighted by atomic mass is 16.5. The first-order valence-electron chi connectivity index (χ1n) is 8.03. The fourth-order valence-electron chi connectivity index (χ4n) is 3.03. The number of Topliss-reactive ketones (excluding diaryl/α,β-unsaturated/α-hetero) is 1. The molecule has 2 aliphatic heterocycles. The van der Waals surface area contributed by atoms with Crippen LogP contribution >= 0.6 is 0 Å². The minimum absolute atomic E-state index is 0.00628. The van der Waals surface area contributed by atoms with Crippen LogP contribution in [0, 0.1) is 0 Å². The van der Waals surface area contributed by atoms with Crippen LogP contribution in [0.3, 0.4) is 0 Å². The summed E-state index contributed by atoms with van der Waals surface area (Å²) in [7, 11) is 0. The number of carbonyl (C=O) groups is 1. The van der Waals surface area contributed by atoms with E-state index in [1.807, 2.05) is 74.5 Å². The van der Waals surface area contributed by atoms with Gasteiger partial charge >= 0.3 is 0 Å². The van der Waals surface area contributed by atoms with E-state index in [2.05, 4.69) is 0 Å². The van der Waals surface area contributed by atoms with Crippen LogP contribution in [-0.2, 0) is 0 Å². The van der Waals surface area contributed by atoms with Gasteiger partial charge in [-0.25, -0.2) is 0 Å². The van der Waals surface area contributed by atoms with Crippen LogP contribution in [0.15, 0.2) is 54.6 Å². The number of hydrogen-bond donors (Lipinski definition) is 0. The Morgan fingerprint density at radius 1 is 1.08 bits per heavy atom. The van der Waals surface area contributed by atoms with Crippen molar-refractivity contribution in [2.45, 2.75) is 19.4 Å². The Bertz CT molecular complexity index is 888. The van der Waals surface area contributed by atoms with Gasteiger partial charge in [-0.2, -0.15) is 0 Å². The SMILES string of the molecule is CC1(C)C=Cc2cc(C(=O)C3=CCOc4ccccc43)ccc2O1. The lowest BCUT2D eigenvalue weighted by atomic mass is 9.93. The first-order chi connectivity index (χ1) is 11.5. The van der Waals surface area contributed by atoms with Gasteiger partial charge in [0.15, 0.2) is 5.78 Å². The molecule has 3 nitrogen and oxygen atoms in total. The van der Waals surface area contributed by atoms with Gasteiger partial charge in [0.25, 0.3) is 0 Å². The summed E-state index contributed by atoms with van der Waals surface area (Å²) in [5.74, 6) is 1.57. The van der Waals surface area contributed by atoms with Crippen molar-refractivity contribution in [3.63, 3.8) is 0 Å². The van der Waals surface area contributed by atoms with Gasteiger partial charge in [-0.1, -0.05) is 24.3 Å². The van der Waals surface area contributed by atoms with Gasteiger partial charge in [0.2, 0.25) is 0 Å². The molecule has 0 spiro atoms. The van der Waals surface area contributed by atoms with Crippen molar-refractivity contribution >= 4 is 17.4 Å². The molecular weight excluding hydrogens is 300 g/mol. The molecule has 24 heavy (non-hydrogen) atoms. The first kappa shape index (κ1) is 14.8. The number of carbonyl (C=O) groups excluding carboxylic acids is 1. The van der Waals surface area contributed by atoms with Gasteiger partial charge in [0.05, 0.1) is 0 Å². The summed E-state index contributed by atoms with van der Waals surface area (Å²) in [6.45, 7) is 4.44. The van der Waals surface area contributed by atoms with Crippen molar-refractivity contribution in [3.8, 4) is 11.5 Å². The summed E-state index contributed by atoms with van der Waals surface area (Å²) in [6, 6.07) is 13.2. The highest BCUT2D eigenvalue weighted by Crippen LogP contribution is 2.35. The number of benzene rings is 2. The van der Waals surface area contributed by atoms with E-state index < -0.39 is 0 Å². The van der Waals surface area contributed by atoms with E-state index in [0.717, 1.165) is 22.6 Å². The fourth-order valence-corrected chi connectivity index (χ4v) is 3.03. The van der Waals surface area contributed by atoms with Gasteiger partial charge in [0.1, 0.15) is 23.7 Å². The highest BCUT2D eigenvalue weighted by Gasteiger charge is 2.24. The highest BCUT2D eigenvalue weighted by molar-refractivity contribution is 6.29. The first-order valence-corrected chi connectivity index (χ1v) is 8.03. The van der Waals surface area contributed by atoms with E-state index in [4.69, 9.17) is 9.47 Å². The van der Waals surface area contributed by atoms with Crippen molar-refractivity contribution in [2.75, 3.05) is 6.61 Å². The minimum Gasteiger partial charge on any atom is -0.489 e. The summed E-state index contributed by atoms with van der Waals surface area (Å²) in [4.78, 5) is 13.0. The molecule has 2 aromatic carbocycles. The van der Waals surface area contributed by atoms with Crippen LogP contribution in [0.4, 0.5) is 0 Å². The number of rotatable bonds is 2. The molecule has 2 aromatic rings. The lowest BCUT2D eigenvalue weighted by Gasteiger charge is -2.28. The molecule has 0 amide bonds. The normalized spacial score (nSPS) is 17.0. The lowest BCUT2D eigenvalue weighted by molar-refractivity contribution is 0.105. The van der Waals surface area contributed by atoms with E-state index in [0.29, 0.717) is 17.7 Å². The summed E-state index contributed by atoms with van der Waals surface area (Å²) < 4.78 is 11.5. The van der Waals surface area contributed by atoms with Crippen molar-refractivity contribution in [1.29, 1.82) is 0 Å². The van der Waals surface area contributed by atoms with Crippen LogP contribution in [0.25, 0.3) is 11.6 Å². The minimum atomic E-state index is -0.319. The zero-order chi connectivity index (χ0) is 16.7. The molecule has 0 unspecified atom stereocenters. The second-order valence-electron chi connectivity index (χ2n) is 6.55. The maximum atomic E-state index is 13.0. The monoisotopic (exact) mass is 318 g/mol. The third-order valence-electron chi connectivity index (χ3n) is 4.26. The molecule has 0 radical (unpaired) electrons. The lowest BCUT2D eigenvalue weighted by Crippen LogP contribution is -2.27. The number of ether oxygens (including phenoxy) is 2. The Labute approximate surface area is 141 Å². The molecule has 0 fully saturated rings. The zero-order valence-electron chi connectivity index (χ0n) is 13.7. The smallest absolute Gasteiger partial charge is 0.193 e. The van der Waals surface area contributed by atoms with Crippen LogP contribution in [-0.4, -0.2) is 18.0 Å².